The number of carbonyl (C=O) groups excluding carboxylic acids is 2. The predicted molar refractivity (Wildman–Crippen MR) is 168 cm³/mol. The zero-order valence-corrected chi connectivity index (χ0v) is 26.8. The van der Waals surface area contributed by atoms with Gasteiger partial charge in [-0.15, -0.1) is 0 Å². The van der Waals surface area contributed by atoms with Gasteiger partial charge >= 0.3 is 6.18 Å². The number of hydrogen-bond acceptors (Lipinski definition) is 4. The van der Waals surface area contributed by atoms with E-state index in [2.05, 4.69) is 5.32 Å². The fourth-order valence-electron chi connectivity index (χ4n) is 5.49. The molecule has 0 aliphatic heterocycles. The Bertz CT molecular complexity index is 1580. The molecule has 1 fully saturated rings. The number of anilines is 1. The van der Waals surface area contributed by atoms with E-state index in [9.17, 15) is 31.2 Å². The van der Waals surface area contributed by atoms with Gasteiger partial charge in [0.25, 0.3) is 10.0 Å². The molecule has 1 unspecified atom stereocenters. The topological polar surface area (TPSA) is 86.8 Å². The number of carbonyl (C=O) groups is 2. The summed E-state index contributed by atoms with van der Waals surface area (Å²) in [6, 6.07) is 16.2. The van der Waals surface area contributed by atoms with E-state index in [4.69, 9.17) is 11.6 Å². The number of benzene rings is 3. The zero-order valence-electron chi connectivity index (χ0n) is 25.2. The summed E-state index contributed by atoms with van der Waals surface area (Å²) in [5, 5.41) is 2.46. The summed E-state index contributed by atoms with van der Waals surface area (Å²) in [5.74, 6) is -1.10. The quantitative estimate of drug-likeness (QED) is 0.237. The monoisotopic (exact) mass is 663 g/mol. The lowest BCUT2D eigenvalue weighted by Gasteiger charge is -2.34. The number of alkyl halides is 3. The molecule has 0 heterocycles. The average molecular weight is 664 g/mol. The first-order valence-electron chi connectivity index (χ1n) is 14.9. The molecule has 1 aliphatic carbocycles. The van der Waals surface area contributed by atoms with Gasteiger partial charge in [0, 0.05) is 12.6 Å². The third-order valence-corrected chi connectivity index (χ3v) is 10.1. The van der Waals surface area contributed by atoms with E-state index in [1.54, 1.807) is 13.0 Å². The first-order valence-corrected chi connectivity index (χ1v) is 16.7. The van der Waals surface area contributed by atoms with Gasteiger partial charge in [-0.2, -0.15) is 13.2 Å². The number of hydrogen-bond donors (Lipinski definition) is 1. The van der Waals surface area contributed by atoms with Crippen LogP contribution >= 0.6 is 11.6 Å². The van der Waals surface area contributed by atoms with Crippen LogP contribution in [0.5, 0.6) is 0 Å². The van der Waals surface area contributed by atoms with Crippen molar-refractivity contribution < 1.29 is 31.2 Å². The molecule has 3 aromatic carbocycles. The van der Waals surface area contributed by atoms with E-state index in [0.717, 1.165) is 49.8 Å². The molecule has 3 aromatic rings. The molecule has 4 rings (SSSR count). The van der Waals surface area contributed by atoms with Crippen molar-refractivity contribution in [3.05, 3.63) is 94.5 Å². The van der Waals surface area contributed by atoms with Crippen LogP contribution in [0.2, 0.25) is 5.02 Å². The van der Waals surface area contributed by atoms with E-state index in [1.807, 2.05) is 31.2 Å². The van der Waals surface area contributed by atoms with E-state index < -0.39 is 45.3 Å². The minimum Gasteiger partial charge on any atom is -0.352 e. The minimum atomic E-state index is -4.87. The number of nitrogens with zero attached hydrogens (tertiary/aromatic N) is 2. The highest BCUT2D eigenvalue weighted by atomic mass is 35.5. The van der Waals surface area contributed by atoms with E-state index in [-0.39, 0.29) is 35.5 Å². The van der Waals surface area contributed by atoms with Crippen LogP contribution in [0.1, 0.15) is 62.1 Å². The van der Waals surface area contributed by atoms with Gasteiger partial charge in [0.15, 0.2) is 0 Å². The molecular weight excluding hydrogens is 627 g/mol. The van der Waals surface area contributed by atoms with Crippen molar-refractivity contribution >= 4 is 39.1 Å². The summed E-state index contributed by atoms with van der Waals surface area (Å²) in [7, 11) is -4.54. The predicted octanol–water partition coefficient (Wildman–Crippen LogP) is 7.12. The Morgan fingerprint density at radius 3 is 2.22 bits per heavy atom. The molecule has 0 bridgehead atoms. The lowest BCUT2D eigenvalue weighted by atomic mass is 9.95. The third kappa shape index (κ3) is 8.58. The number of nitrogens with one attached hydrogen (secondary N) is 1. The Labute approximate surface area is 267 Å². The molecule has 0 saturated heterocycles. The fraction of sp³-hybridized carbons (Fsp3) is 0.394. The summed E-state index contributed by atoms with van der Waals surface area (Å²) >= 11 is 5.84. The Balaban J connectivity index is 1.76. The van der Waals surface area contributed by atoms with Gasteiger partial charge in [0.05, 0.1) is 21.2 Å². The highest BCUT2D eigenvalue weighted by Crippen LogP contribution is 2.38. The summed E-state index contributed by atoms with van der Waals surface area (Å²) in [4.78, 5) is 28.9. The van der Waals surface area contributed by atoms with Crippen molar-refractivity contribution in [2.45, 2.75) is 82.1 Å². The molecule has 45 heavy (non-hydrogen) atoms. The molecule has 242 valence electrons. The Morgan fingerprint density at radius 2 is 1.62 bits per heavy atom. The molecule has 7 nitrogen and oxygen atoms in total. The van der Waals surface area contributed by atoms with Crippen LogP contribution in [0.25, 0.3) is 0 Å². The number of amides is 2. The van der Waals surface area contributed by atoms with Crippen molar-refractivity contribution in [3.63, 3.8) is 0 Å². The van der Waals surface area contributed by atoms with Crippen molar-refractivity contribution in [2.75, 3.05) is 10.8 Å². The second-order valence-corrected chi connectivity index (χ2v) is 13.5. The second kappa shape index (κ2) is 14.7. The number of aryl methyl sites for hydroxylation is 1. The largest absolute Gasteiger partial charge is 0.417 e. The van der Waals surface area contributed by atoms with Gasteiger partial charge < -0.3 is 10.2 Å². The molecule has 1 saturated carbocycles. The molecule has 1 aliphatic rings. The van der Waals surface area contributed by atoms with Crippen LogP contribution < -0.4 is 9.62 Å². The fourth-order valence-corrected chi connectivity index (χ4v) is 7.14. The smallest absolute Gasteiger partial charge is 0.352 e. The second-order valence-electron chi connectivity index (χ2n) is 11.3. The van der Waals surface area contributed by atoms with Crippen molar-refractivity contribution in [3.8, 4) is 0 Å². The van der Waals surface area contributed by atoms with E-state index in [0.29, 0.717) is 15.9 Å². The van der Waals surface area contributed by atoms with Crippen LogP contribution in [0, 0.1) is 6.92 Å². The van der Waals surface area contributed by atoms with Gasteiger partial charge in [0.1, 0.15) is 12.6 Å². The molecule has 0 spiro atoms. The first kappa shape index (κ1) is 34.3. The van der Waals surface area contributed by atoms with Crippen molar-refractivity contribution in [2.24, 2.45) is 0 Å². The lowest BCUT2D eigenvalue weighted by Crippen LogP contribution is -2.54. The maximum Gasteiger partial charge on any atom is 0.417 e. The molecule has 0 radical (unpaired) electrons. The van der Waals surface area contributed by atoms with Crippen LogP contribution in [0.4, 0.5) is 18.9 Å². The Hall–Kier alpha value is -3.57. The number of sulfonamides is 1. The summed E-state index contributed by atoms with van der Waals surface area (Å²) in [5.41, 5.74) is 0.0688. The average Bonchev–Trinajstić information content (AvgIpc) is 3.01. The van der Waals surface area contributed by atoms with Crippen LogP contribution in [0.15, 0.2) is 77.7 Å². The third-order valence-electron chi connectivity index (χ3n) is 7.96. The van der Waals surface area contributed by atoms with Gasteiger partial charge in [0.2, 0.25) is 11.8 Å². The standard InChI is InChI=1S/C33H37ClF3N3O4S/c1-3-30(32(42)38-25-10-6-4-7-11-25)39(21-24-16-14-23(2)15-17-24)31(41)22-40(45(43,44)27-12-8-5-9-13-27)26-18-19-29(34)28(20-26)33(35,36)37/h5,8-9,12-20,25,30H,3-4,6-7,10-11,21-22H2,1-2H3,(H,38,42). The van der Waals surface area contributed by atoms with E-state index in [1.165, 1.54) is 29.2 Å². The SMILES string of the molecule is CCC(C(=O)NC1CCCCC1)N(Cc1ccc(C)cc1)C(=O)CN(c1ccc(Cl)c(C(F)(F)F)c1)S(=O)(=O)c1ccccc1. The molecule has 1 N–H and O–H groups in total. The molecule has 2 amide bonds. The van der Waals surface area contributed by atoms with Gasteiger partial charge in [-0.25, -0.2) is 8.42 Å². The molecular formula is C33H37ClF3N3O4S. The molecule has 12 heteroatoms. The molecule has 0 aromatic heterocycles. The van der Waals surface area contributed by atoms with Crippen molar-refractivity contribution in [1.29, 1.82) is 0 Å². The summed E-state index contributed by atoms with van der Waals surface area (Å²) in [6.45, 7) is 2.80. The molecule has 1 atom stereocenters. The van der Waals surface area contributed by atoms with Crippen LogP contribution in [-0.4, -0.2) is 43.8 Å². The van der Waals surface area contributed by atoms with Crippen molar-refractivity contribution in [1.82, 2.24) is 10.2 Å². The van der Waals surface area contributed by atoms with E-state index >= 15 is 0 Å². The summed E-state index contributed by atoms with van der Waals surface area (Å²) in [6.07, 6.45) is 0.0861. The minimum absolute atomic E-state index is 0.0106. The maximum atomic E-state index is 14.2. The highest BCUT2D eigenvalue weighted by Gasteiger charge is 2.37. The highest BCUT2D eigenvalue weighted by molar-refractivity contribution is 7.92. The van der Waals surface area contributed by atoms with Gasteiger partial charge in [-0.05, 0) is 62.1 Å². The summed E-state index contributed by atoms with van der Waals surface area (Å²) < 4.78 is 70.0. The Morgan fingerprint density at radius 1 is 0.978 bits per heavy atom. The van der Waals surface area contributed by atoms with Gasteiger partial charge in [-0.1, -0.05) is 85.8 Å². The zero-order chi connectivity index (χ0) is 32.8. The number of rotatable bonds is 11. The maximum absolute atomic E-state index is 14.2. The number of halogens is 4. The van der Waals surface area contributed by atoms with Gasteiger partial charge in [-0.3, -0.25) is 13.9 Å². The van der Waals surface area contributed by atoms with Crippen LogP contribution in [-0.2, 0) is 32.3 Å². The van der Waals surface area contributed by atoms with Crippen LogP contribution in [0.3, 0.4) is 0 Å². The normalized spacial score (nSPS) is 14.9. The Kier molecular flexibility index (Phi) is 11.2. The lowest BCUT2D eigenvalue weighted by molar-refractivity contribution is -0.140. The first-order chi connectivity index (χ1) is 21.3.